The minimum absolute atomic E-state index is 0.113. The Morgan fingerprint density at radius 1 is 1.33 bits per heavy atom. The summed E-state index contributed by atoms with van der Waals surface area (Å²) >= 11 is 0. The number of anilines is 2. The number of nitrogens with zero attached hydrogens (tertiary/aromatic N) is 5. The molecule has 4 aromatic rings. The average molecular weight is 444 g/mol. The summed E-state index contributed by atoms with van der Waals surface area (Å²) < 4.78 is 17.1. The van der Waals surface area contributed by atoms with E-state index in [-0.39, 0.29) is 17.9 Å². The maximum Gasteiger partial charge on any atom is 0.236 e. The van der Waals surface area contributed by atoms with Gasteiger partial charge in [-0.1, -0.05) is 12.1 Å². The Labute approximate surface area is 191 Å². The summed E-state index contributed by atoms with van der Waals surface area (Å²) in [5.74, 6) is 0.887. The third kappa shape index (κ3) is 3.64. The molecule has 3 heterocycles. The molecule has 0 spiro atoms. The van der Waals surface area contributed by atoms with Crippen LogP contribution in [0.25, 0.3) is 16.7 Å². The molecule has 2 aromatic carbocycles. The van der Waals surface area contributed by atoms with Crippen molar-refractivity contribution in [3.8, 4) is 6.07 Å². The first kappa shape index (κ1) is 21.2. The lowest BCUT2D eigenvalue weighted by Crippen LogP contribution is -2.50. The Hall–Kier alpha value is -3.70. The number of piperazine rings is 1. The molecule has 7 nitrogen and oxygen atoms in total. The highest BCUT2D eigenvalue weighted by atomic mass is 19.1. The van der Waals surface area contributed by atoms with Crippen molar-refractivity contribution >= 4 is 28.2 Å². The number of imidazole rings is 1. The van der Waals surface area contributed by atoms with Crippen LogP contribution in [0.2, 0.25) is 0 Å². The number of fused-ring (bicyclic) bond motifs is 3. The zero-order chi connectivity index (χ0) is 23.1. The molecule has 2 N–H and O–H groups in total. The molecule has 0 saturated carbocycles. The molecule has 1 aliphatic heterocycles. The smallest absolute Gasteiger partial charge is 0.236 e. The van der Waals surface area contributed by atoms with Crippen LogP contribution in [0.1, 0.15) is 36.6 Å². The molecule has 2 aromatic heterocycles. The number of benzene rings is 2. The van der Waals surface area contributed by atoms with Gasteiger partial charge in [0.15, 0.2) is 0 Å². The third-order valence-corrected chi connectivity index (χ3v) is 6.54. The van der Waals surface area contributed by atoms with Crippen molar-refractivity contribution in [2.75, 3.05) is 29.9 Å². The molecular formula is C25H26FN7. The van der Waals surface area contributed by atoms with E-state index in [1.54, 1.807) is 22.9 Å². The summed E-state index contributed by atoms with van der Waals surface area (Å²) in [6.07, 6.45) is 3.46. The fraction of sp³-hybridized carbons (Fsp3) is 0.320. The molecule has 1 fully saturated rings. The van der Waals surface area contributed by atoms with E-state index in [4.69, 9.17) is 4.98 Å². The van der Waals surface area contributed by atoms with Gasteiger partial charge in [0.25, 0.3) is 0 Å². The molecule has 1 saturated heterocycles. The first-order valence-corrected chi connectivity index (χ1v) is 11.2. The molecule has 5 rings (SSSR count). The zero-order valence-electron chi connectivity index (χ0n) is 18.9. The quantitative estimate of drug-likeness (QED) is 0.493. The van der Waals surface area contributed by atoms with Crippen LogP contribution >= 0.6 is 0 Å². The van der Waals surface area contributed by atoms with Crippen molar-refractivity contribution in [2.24, 2.45) is 0 Å². The van der Waals surface area contributed by atoms with Gasteiger partial charge < -0.3 is 15.5 Å². The maximum atomic E-state index is 15.3. The Kier molecular flexibility index (Phi) is 5.35. The fourth-order valence-corrected chi connectivity index (χ4v) is 4.72. The van der Waals surface area contributed by atoms with E-state index >= 15 is 4.39 Å². The van der Waals surface area contributed by atoms with Crippen LogP contribution in [0.5, 0.6) is 0 Å². The van der Waals surface area contributed by atoms with Crippen molar-refractivity contribution in [3.63, 3.8) is 0 Å². The summed E-state index contributed by atoms with van der Waals surface area (Å²) in [5.41, 5.74) is 3.90. The van der Waals surface area contributed by atoms with E-state index in [9.17, 15) is 5.26 Å². The predicted molar refractivity (Wildman–Crippen MR) is 128 cm³/mol. The van der Waals surface area contributed by atoms with Crippen LogP contribution in [0.3, 0.4) is 0 Å². The van der Waals surface area contributed by atoms with Gasteiger partial charge in [-0.3, -0.25) is 4.40 Å². The lowest BCUT2D eigenvalue weighted by Gasteiger charge is -2.36. The van der Waals surface area contributed by atoms with Gasteiger partial charge in [0.2, 0.25) is 5.78 Å². The molecular weight excluding hydrogens is 417 g/mol. The average Bonchev–Trinajstić information content (AvgIpc) is 3.28. The molecule has 8 heteroatoms. The molecule has 33 heavy (non-hydrogen) atoms. The Balaban J connectivity index is 1.64. The van der Waals surface area contributed by atoms with Crippen molar-refractivity contribution in [1.29, 1.82) is 5.26 Å². The third-order valence-electron chi connectivity index (χ3n) is 6.54. The van der Waals surface area contributed by atoms with E-state index in [1.165, 1.54) is 0 Å². The van der Waals surface area contributed by atoms with Gasteiger partial charge in [-0.05, 0) is 44.0 Å². The fourth-order valence-electron chi connectivity index (χ4n) is 4.72. The van der Waals surface area contributed by atoms with Crippen LogP contribution in [0.15, 0.2) is 42.7 Å². The topological polar surface area (TPSA) is 81.3 Å². The Morgan fingerprint density at radius 3 is 2.97 bits per heavy atom. The number of rotatable bonds is 4. The van der Waals surface area contributed by atoms with E-state index in [2.05, 4.69) is 33.5 Å². The van der Waals surface area contributed by atoms with E-state index in [0.29, 0.717) is 28.4 Å². The summed E-state index contributed by atoms with van der Waals surface area (Å²) in [5, 5.41) is 17.1. The second-order valence-corrected chi connectivity index (χ2v) is 8.62. The molecule has 168 valence electrons. The van der Waals surface area contributed by atoms with Gasteiger partial charge in [-0.2, -0.15) is 10.2 Å². The van der Waals surface area contributed by atoms with Crippen molar-refractivity contribution in [1.82, 2.24) is 19.7 Å². The van der Waals surface area contributed by atoms with E-state index < -0.39 is 0 Å². The number of nitrogens with one attached hydrogen (secondary N) is 2. The van der Waals surface area contributed by atoms with Gasteiger partial charge in [0.1, 0.15) is 11.6 Å². The lowest BCUT2D eigenvalue weighted by molar-refractivity contribution is 0.491. The number of halogens is 1. The summed E-state index contributed by atoms with van der Waals surface area (Å²) in [7, 11) is 0. The largest absolute Gasteiger partial charge is 0.364 e. The zero-order valence-corrected chi connectivity index (χ0v) is 18.9. The van der Waals surface area contributed by atoms with Crippen molar-refractivity contribution in [3.05, 3.63) is 65.2 Å². The van der Waals surface area contributed by atoms with Crippen LogP contribution < -0.4 is 15.5 Å². The van der Waals surface area contributed by atoms with Gasteiger partial charge in [-0.25, -0.2) is 9.37 Å². The standard InChI is InChI=1S/C25H26FN7/c1-15-14-28-7-9-32(15)23-11-20-22(12-21(23)26)33-10-8-29-25(33)31-24(20)30-17(3)19-6-4-5-18(13-27)16(19)2/h4-6,8,10-12,15,17,28H,7,9,14H2,1-3H3,(H,29,30,31)/t15-,17+/m0/s1. The van der Waals surface area contributed by atoms with Crippen LogP contribution in [0, 0.1) is 24.1 Å². The number of hydrogen-bond donors (Lipinski definition) is 2. The second kappa shape index (κ2) is 8.34. The summed E-state index contributed by atoms with van der Waals surface area (Å²) in [6.45, 7) is 8.46. The van der Waals surface area contributed by atoms with Crippen LogP contribution in [-0.4, -0.2) is 40.0 Å². The lowest BCUT2D eigenvalue weighted by atomic mass is 9.98. The molecule has 0 unspecified atom stereocenters. The molecule has 1 aliphatic rings. The second-order valence-electron chi connectivity index (χ2n) is 8.62. The molecule has 0 radical (unpaired) electrons. The van der Waals surface area contributed by atoms with Gasteiger partial charge >= 0.3 is 0 Å². The van der Waals surface area contributed by atoms with Gasteiger partial charge in [-0.15, -0.1) is 0 Å². The van der Waals surface area contributed by atoms with Gasteiger partial charge in [0.05, 0.1) is 28.9 Å². The van der Waals surface area contributed by atoms with Crippen molar-refractivity contribution < 1.29 is 4.39 Å². The highest BCUT2D eigenvalue weighted by molar-refractivity contribution is 5.94. The number of nitriles is 1. The molecule has 0 bridgehead atoms. The SMILES string of the molecule is Cc1c(C#N)cccc1[C@@H](C)Nc1nc2nccn2c2cc(F)c(N3CCNC[C@@H]3C)cc12. The van der Waals surface area contributed by atoms with Crippen LogP contribution in [0.4, 0.5) is 15.9 Å². The minimum Gasteiger partial charge on any atom is -0.364 e. The van der Waals surface area contributed by atoms with Crippen molar-refractivity contribution in [2.45, 2.75) is 32.9 Å². The Morgan fingerprint density at radius 2 is 2.18 bits per heavy atom. The van der Waals surface area contributed by atoms with E-state index in [0.717, 1.165) is 36.1 Å². The highest BCUT2D eigenvalue weighted by Crippen LogP contribution is 2.33. The summed E-state index contributed by atoms with van der Waals surface area (Å²) in [4.78, 5) is 11.2. The monoisotopic (exact) mass is 443 g/mol. The number of aromatic nitrogens is 3. The normalized spacial score (nSPS) is 17.3. The van der Waals surface area contributed by atoms with Crippen LogP contribution in [-0.2, 0) is 0 Å². The molecule has 0 amide bonds. The molecule has 2 atom stereocenters. The highest BCUT2D eigenvalue weighted by Gasteiger charge is 2.23. The number of hydrogen-bond acceptors (Lipinski definition) is 6. The maximum absolute atomic E-state index is 15.3. The van der Waals surface area contributed by atoms with E-state index in [1.807, 2.05) is 38.1 Å². The Bertz CT molecular complexity index is 1390. The van der Waals surface area contributed by atoms with Gasteiger partial charge in [0, 0.05) is 49.5 Å². The summed E-state index contributed by atoms with van der Waals surface area (Å²) in [6, 6.07) is 11.5. The first-order valence-electron chi connectivity index (χ1n) is 11.2. The predicted octanol–water partition coefficient (Wildman–Crippen LogP) is 4.17. The minimum atomic E-state index is -0.256. The molecule has 0 aliphatic carbocycles. The first-order chi connectivity index (χ1) is 16.0.